The molecular weight excluding hydrogens is 228 g/mol. The van der Waals surface area contributed by atoms with Crippen LogP contribution in [-0.2, 0) is 6.42 Å². The highest BCUT2D eigenvalue weighted by Crippen LogP contribution is 2.00. The molecule has 0 unspecified atom stereocenters. The van der Waals surface area contributed by atoms with Crippen LogP contribution in [0.15, 0.2) is 42.7 Å². The smallest absolute Gasteiger partial charge is 0.269 e. The summed E-state index contributed by atoms with van der Waals surface area (Å²) in [6.45, 7) is 0.543. The Kier molecular flexibility index (Phi) is 3.86. The van der Waals surface area contributed by atoms with Gasteiger partial charge in [0.25, 0.3) is 5.91 Å². The topological polar surface area (TPSA) is 80.9 Å². The maximum Gasteiger partial charge on any atom is 0.269 e. The number of amides is 1. The summed E-state index contributed by atoms with van der Waals surface area (Å²) in [7, 11) is 0. The fourth-order valence-electron chi connectivity index (χ4n) is 1.53. The number of nitrogen functional groups attached to an aromatic ring is 1. The minimum absolute atomic E-state index is 0.216. The number of anilines is 1. The molecule has 0 fully saturated rings. The first-order valence-electron chi connectivity index (χ1n) is 5.65. The Balaban J connectivity index is 1.86. The zero-order chi connectivity index (χ0) is 12.8. The van der Waals surface area contributed by atoms with Crippen LogP contribution in [-0.4, -0.2) is 22.4 Å². The molecule has 5 nitrogen and oxygen atoms in total. The normalized spacial score (nSPS) is 10.0. The van der Waals surface area contributed by atoms with E-state index in [2.05, 4.69) is 15.3 Å². The molecule has 0 aliphatic heterocycles. The van der Waals surface area contributed by atoms with Crippen LogP contribution in [0.3, 0.4) is 0 Å². The van der Waals surface area contributed by atoms with Gasteiger partial charge in [-0.05, 0) is 30.2 Å². The fraction of sp³-hybridized carbons (Fsp3) is 0.154. The van der Waals surface area contributed by atoms with Crippen molar-refractivity contribution in [2.24, 2.45) is 0 Å². The van der Waals surface area contributed by atoms with Crippen LogP contribution < -0.4 is 11.1 Å². The molecule has 2 aromatic rings. The Hall–Kier alpha value is -2.43. The van der Waals surface area contributed by atoms with Gasteiger partial charge in [-0.1, -0.05) is 12.1 Å². The Morgan fingerprint density at radius 1 is 1.28 bits per heavy atom. The lowest BCUT2D eigenvalue weighted by Gasteiger charge is -2.05. The number of hydrogen-bond acceptors (Lipinski definition) is 4. The van der Waals surface area contributed by atoms with Crippen LogP contribution in [0.1, 0.15) is 16.1 Å². The summed E-state index contributed by atoms with van der Waals surface area (Å²) in [5.74, 6) is 0.126. The lowest BCUT2D eigenvalue weighted by molar-refractivity contribution is 0.0949. The average molecular weight is 242 g/mol. The minimum Gasteiger partial charge on any atom is -0.384 e. The maximum atomic E-state index is 11.7. The van der Waals surface area contributed by atoms with Gasteiger partial charge in [0.1, 0.15) is 11.5 Å². The van der Waals surface area contributed by atoms with Gasteiger partial charge in [-0.25, -0.2) is 4.98 Å². The number of nitrogens with one attached hydrogen (secondary N) is 1. The van der Waals surface area contributed by atoms with Gasteiger partial charge >= 0.3 is 0 Å². The van der Waals surface area contributed by atoms with Crippen LogP contribution >= 0.6 is 0 Å². The second-order valence-corrected chi connectivity index (χ2v) is 3.81. The maximum absolute atomic E-state index is 11.7. The van der Waals surface area contributed by atoms with E-state index in [4.69, 9.17) is 5.73 Å². The summed E-state index contributed by atoms with van der Waals surface area (Å²) >= 11 is 0. The van der Waals surface area contributed by atoms with Gasteiger partial charge < -0.3 is 11.1 Å². The summed E-state index contributed by atoms with van der Waals surface area (Å²) in [5, 5.41) is 2.79. The monoisotopic (exact) mass is 242 g/mol. The number of nitrogens with zero attached hydrogens (tertiary/aromatic N) is 2. The molecule has 2 heterocycles. The molecule has 0 aliphatic rings. The van der Waals surface area contributed by atoms with E-state index in [-0.39, 0.29) is 5.91 Å². The van der Waals surface area contributed by atoms with E-state index in [0.717, 1.165) is 12.0 Å². The highest BCUT2D eigenvalue weighted by molar-refractivity contribution is 5.92. The molecule has 0 saturated heterocycles. The number of nitrogens with two attached hydrogens (primary N) is 1. The molecule has 2 aromatic heterocycles. The predicted molar refractivity (Wildman–Crippen MR) is 68.9 cm³/mol. The molecule has 0 bridgehead atoms. The van der Waals surface area contributed by atoms with Gasteiger partial charge in [-0.3, -0.25) is 9.78 Å². The third-order valence-electron chi connectivity index (χ3n) is 2.43. The molecule has 5 heteroatoms. The van der Waals surface area contributed by atoms with E-state index in [9.17, 15) is 4.79 Å². The highest BCUT2D eigenvalue weighted by Gasteiger charge is 2.06. The molecule has 2 rings (SSSR count). The van der Waals surface area contributed by atoms with Gasteiger partial charge in [-0.2, -0.15) is 0 Å². The highest BCUT2D eigenvalue weighted by atomic mass is 16.1. The van der Waals surface area contributed by atoms with Crippen molar-refractivity contribution in [3.8, 4) is 0 Å². The molecule has 92 valence electrons. The molecule has 3 N–H and O–H groups in total. The lowest BCUT2D eigenvalue weighted by atomic mass is 10.2. The average Bonchev–Trinajstić information content (AvgIpc) is 2.40. The van der Waals surface area contributed by atoms with Crippen LogP contribution in [0.5, 0.6) is 0 Å². The number of hydrogen-bond donors (Lipinski definition) is 2. The van der Waals surface area contributed by atoms with E-state index in [1.165, 1.54) is 0 Å². The van der Waals surface area contributed by atoms with Crippen molar-refractivity contribution in [1.29, 1.82) is 0 Å². The Labute approximate surface area is 105 Å². The summed E-state index contributed by atoms with van der Waals surface area (Å²) < 4.78 is 0. The molecular formula is C13H14N4O. The van der Waals surface area contributed by atoms with Crippen molar-refractivity contribution < 1.29 is 4.79 Å². The van der Waals surface area contributed by atoms with E-state index in [1.807, 2.05) is 12.1 Å². The number of pyridine rings is 2. The first-order valence-corrected chi connectivity index (χ1v) is 5.65. The minimum atomic E-state index is -0.216. The van der Waals surface area contributed by atoms with Gasteiger partial charge in [0.05, 0.1) is 0 Å². The molecule has 0 saturated carbocycles. The second-order valence-electron chi connectivity index (χ2n) is 3.81. The second kappa shape index (κ2) is 5.77. The van der Waals surface area contributed by atoms with Crippen molar-refractivity contribution in [3.05, 3.63) is 54.0 Å². The molecule has 0 aromatic carbocycles. The Bertz CT molecular complexity index is 528. The zero-order valence-corrected chi connectivity index (χ0v) is 9.84. The predicted octanol–water partition coefficient (Wildman–Crippen LogP) is 1.03. The van der Waals surface area contributed by atoms with Crippen LogP contribution in [0.4, 0.5) is 5.82 Å². The number of carbonyl (C=O) groups is 1. The SMILES string of the molecule is Nc1cccc(C(=O)NCCc2cccnc2)n1. The summed E-state index contributed by atoms with van der Waals surface area (Å²) in [4.78, 5) is 19.7. The molecule has 0 radical (unpaired) electrons. The van der Waals surface area contributed by atoms with Crippen molar-refractivity contribution in [2.45, 2.75) is 6.42 Å². The van der Waals surface area contributed by atoms with E-state index < -0.39 is 0 Å². The fourth-order valence-corrected chi connectivity index (χ4v) is 1.53. The lowest BCUT2D eigenvalue weighted by Crippen LogP contribution is -2.26. The number of aromatic nitrogens is 2. The summed E-state index contributed by atoms with van der Waals surface area (Å²) in [6.07, 6.45) is 4.24. The quantitative estimate of drug-likeness (QED) is 0.839. The van der Waals surface area contributed by atoms with Crippen LogP contribution in [0.2, 0.25) is 0 Å². The van der Waals surface area contributed by atoms with Gasteiger partial charge in [0.2, 0.25) is 0 Å². The van der Waals surface area contributed by atoms with Crippen LogP contribution in [0, 0.1) is 0 Å². The van der Waals surface area contributed by atoms with E-state index in [0.29, 0.717) is 18.1 Å². The van der Waals surface area contributed by atoms with Crippen molar-refractivity contribution >= 4 is 11.7 Å². The number of rotatable bonds is 4. The largest absolute Gasteiger partial charge is 0.384 e. The van der Waals surface area contributed by atoms with Crippen LogP contribution in [0.25, 0.3) is 0 Å². The molecule has 0 spiro atoms. The van der Waals surface area contributed by atoms with Crippen molar-refractivity contribution in [1.82, 2.24) is 15.3 Å². The molecule has 1 amide bonds. The van der Waals surface area contributed by atoms with E-state index >= 15 is 0 Å². The Morgan fingerprint density at radius 2 is 2.17 bits per heavy atom. The van der Waals surface area contributed by atoms with E-state index in [1.54, 1.807) is 30.6 Å². The third kappa shape index (κ3) is 3.28. The standard InChI is InChI=1S/C13H14N4O/c14-12-5-1-4-11(17-12)13(18)16-8-6-10-3-2-7-15-9-10/h1-5,7,9H,6,8H2,(H2,14,17)(H,16,18). The third-order valence-corrected chi connectivity index (χ3v) is 2.43. The van der Waals surface area contributed by atoms with Crippen molar-refractivity contribution in [3.63, 3.8) is 0 Å². The molecule has 0 atom stereocenters. The van der Waals surface area contributed by atoms with Gasteiger partial charge in [0, 0.05) is 18.9 Å². The first-order chi connectivity index (χ1) is 8.75. The summed E-state index contributed by atoms with van der Waals surface area (Å²) in [5.41, 5.74) is 6.93. The Morgan fingerprint density at radius 3 is 2.89 bits per heavy atom. The zero-order valence-electron chi connectivity index (χ0n) is 9.84. The molecule has 18 heavy (non-hydrogen) atoms. The van der Waals surface area contributed by atoms with Gasteiger partial charge in [0.15, 0.2) is 0 Å². The van der Waals surface area contributed by atoms with Gasteiger partial charge in [-0.15, -0.1) is 0 Å². The molecule has 0 aliphatic carbocycles. The summed E-state index contributed by atoms with van der Waals surface area (Å²) in [6, 6.07) is 8.83. The number of carbonyl (C=O) groups excluding carboxylic acids is 1. The van der Waals surface area contributed by atoms with Crippen molar-refractivity contribution in [2.75, 3.05) is 12.3 Å². The first kappa shape index (κ1) is 12.0.